The molecule has 0 aliphatic heterocycles. The largest absolute Gasteiger partial charge is 0.463 e. The molecule has 0 spiro atoms. The van der Waals surface area contributed by atoms with Crippen molar-refractivity contribution in [2.24, 2.45) is 0 Å². The minimum Gasteiger partial charge on any atom is -0.463 e. The SMILES string of the molecule is COCCNC(=O)NCc1ccc(-c2ccco2)nc1. The molecule has 0 saturated heterocycles. The van der Waals surface area contributed by atoms with E-state index < -0.39 is 0 Å². The fourth-order valence-electron chi connectivity index (χ4n) is 1.61. The first-order valence-electron chi connectivity index (χ1n) is 6.29. The van der Waals surface area contributed by atoms with Crippen molar-refractivity contribution in [3.05, 3.63) is 42.3 Å². The van der Waals surface area contributed by atoms with Crippen molar-refractivity contribution in [1.82, 2.24) is 15.6 Å². The number of rotatable bonds is 6. The number of ether oxygens (including phenoxy) is 1. The van der Waals surface area contributed by atoms with Gasteiger partial charge < -0.3 is 19.8 Å². The number of nitrogens with one attached hydrogen (secondary N) is 2. The molecular formula is C14H17N3O3. The van der Waals surface area contributed by atoms with Crippen molar-refractivity contribution in [2.75, 3.05) is 20.3 Å². The molecule has 0 fully saturated rings. The molecule has 2 rings (SSSR count). The van der Waals surface area contributed by atoms with E-state index in [1.807, 2.05) is 24.3 Å². The molecule has 0 aliphatic rings. The summed E-state index contributed by atoms with van der Waals surface area (Å²) in [6, 6.07) is 7.21. The summed E-state index contributed by atoms with van der Waals surface area (Å²) in [6.07, 6.45) is 3.32. The first-order valence-corrected chi connectivity index (χ1v) is 6.29. The molecule has 2 N–H and O–H groups in total. The average Bonchev–Trinajstić information content (AvgIpc) is 3.00. The van der Waals surface area contributed by atoms with Gasteiger partial charge in [0.05, 0.1) is 12.9 Å². The Morgan fingerprint density at radius 1 is 1.35 bits per heavy atom. The van der Waals surface area contributed by atoms with Crippen molar-refractivity contribution in [1.29, 1.82) is 0 Å². The second kappa shape index (κ2) is 7.30. The van der Waals surface area contributed by atoms with Gasteiger partial charge in [-0.2, -0.15) is 0 Å². The number of aromatic nitrogens is 1. The molecule has 2 heterocycles. The summed E-state index contributed by atoms with van der Waals surface area (Å²) >= 11 is 0. The summed E-state index contributed by atoms with van der Waals surface area (Å²) in [5, 5.41) is 5.42. The van der Waals surface area contributed by atoms with Gasteiger partial charge in [-0.1, -0.05) is 6.07 Å². The third kappa shape index (κ3) is 4.10. The number of hydrogen-bond donors (Lipinski definition) is 2. The topological polar surface area (TPSA) is 76.4 Å². The molecule has 0 bridgehead atoms. The Labute approximate surface area is 117 Å². The third-order valence-electron chi connectivity index (χ3n) is 2.64. The molecule has 6 heteroatoms. The quantitative estimate of drug-likeness (QED) is 0.788. The van der Waals surface area contributed by atoms with Crippen molar-refractivity contribution in [3.63, 3.8) is 0 Å². The molecule has 0 atom stereocenters. The van der Waals surface area contributed by atoms with Gasteiger partial charge in [-0.15, -0.1) is 0 Å². The van der Waals surface area contributed by atoms with Crippen molar-refractivity contribution >= 4 is 6.03 Å². The van der Waals surface area contributed by atoms with Crippen LogP contribution in [0.25, 0.3) is 11.5 Å². The average molecular weight is 275 g/mol. The van der Waals surface area contributed by atoms with Crippen LogP contribution in [0.5, 0.6) is 0 Å². The van der Waals surface area contributed by atoms with Crippen LogP contribution in [0.3, 0.4) is 0 Å². The van der Waals surface area contributed by atoms with Gasteiger partial charge in [0, 0.05) is 26.4 Å². The molecule has 2 aromatic heterocycles. The number of hydrogen-bond acceptors (Lipinski definition) is 4. The van der Waals surface area contributed by atoms with E-state index in [0.29, 0.717) is 19.7 Å². The first kappa shape index (κ1) is 14.1. The minimum absolute atomic E-state index is 0.225. The first-order chi connectivity index (χ1) is 9.79. The Bertz CT molecular complexity index is 523. The monoisotopic (exact) mass is 275 g/mol. The lowest BCUT2D eigenvalue weighted by molar-refractivity contribution is 0.196. The molecule has 0 radical (unpaired) electrons. The zero-order chi connectivity index (χ0) is 14.2. The van der Waals surface area contributed by atoms with Gasteiger partial charge in [0.15, 0.2) is 5.76 Å². The highest BCUT2D eigenvalue weighted by Gasteiger charge is 2.03. The molecule has 20 heavy (non-hydrogen) atoms. The predicted octanol–water partition coefficient (Wildman–Crippen LogP) is 1.79. The maximum atomic E-state index is 11.4. The van der Waals surface area contributed by atoms with Crippen LogP contribution in [0.1, 0.15) is 5.56 Å². The lowest BCUT2D eigenvalue weighted by Crippen LogP contribution is -2.36. The maximum Gasteiger partial charge on any atom is 0.315 e. The van der Waals surface area contributed by atoms with Crippen molar-refractivity contribution < 1.29 is 13.9 Å². The van der Waals surface area contributed by atoms with Crippen molar-refractivity contribution in [3.8, 4) is 11.5 Å². The van der Waals surface area contributed by atoms with Crippen LogP contribution in [0.2, 0.25) is 0 Å². The normalized spacial score (nSPS) is 10.2. The third-order valence-corrected chi connectivity index (χ3v) is 2.64. The number of carbonyl (C=O) groups is 1. The minimum atomic E-state index is -0.225. The van der Waals surface area contributed by atoms with E-state index in [1.165, 1.54) is 0 Å². The number of furan rings is 1. The van der Waals surface area contributed by atoms with Gasteiger partial charge in [0.2, 0.25) is 0 Å². The summed E-state index contributed by atoms with van der Waals surface area (Å²) in [5.41, 5.74) is 1.69. The smallest absolute Gasteiger partial charge is 0.315 e. The number of urea groups is 1. The molecular weight excluding hydrogens is 258 g/mol. The standard InChI is InChI=1S/C14H17N3O3/c1-19-8-6-15-14(18)17-10-11-4-5-12(16-9-11)13-3-2-7-20-13/h2-5,7,9H,6,8,10H2,1H3,(H2,15,17,18). The van der Waals surface area contributed by atoms with Gasteiger partial charge in [-0.05, 0) is 23.8 Å². The zero-order valence-corrected chi connectivity index (χ0v) is 11.3. The maximum absolute atomic E-state index is 11.4. The summed E-state index contributed by atoms with van der Waals surface area (Å²) in [7, 11) is 1.59. The van der Waals surface area contributed by atoms with Gasteiger partial charge in [0.1, 0.15) is 5.69 Å². The number of amides is 2. The van der Waals surface area contributed by atoms with E-state index in [-0.39, 0.29) is 6.03 Å². The summed E-state index contributed by atoms with van der Waals surface area (Å²) in [5.74, 6) is 0.724. The highest BCUT2D eigenvalue weighted by atomic mass is 16.5. The van der Waals surface area contributed by atoms with Gasteiger partial charge >= 0.3 is 6.03 Å². The summed E-state index contributed by atoms with van der Waals surface area (Å²) in [6.45, 7) is 1.40. The Morgan fingerprint density at radius 2 is 2.25 bits per heavy atom. The molecule has 6 nitrogen and oxygen atoms in total. The lowest BCUT2D eigenvalue weighted by atomic mass is 10.2. The van der Waals surface area contributed by atoms with Gasteiger partial charge in [0.25, 0.3) is 0 Å². The van der Waals surface area contributed by atoms with Crippen LogP contribution in [0.4, 0.5) is 4.79 Å². The molecule has 2 aromatic rings. The van der Waals surface area contributed by atoms with E-state index in [4.69, 9.17) is 9.15 Å². The molecule has 106 valence electrons. The van der Waals surface area contributed by atoms with Gasteiger partial charge in [-0.3, -0.25) is 4.98 Å². The molecule has 0 saturated carbocycles. The Balaban J connectivity index is 1.81. The Kier molecular flexibility index (Phi) is 5.14. The van der Waals surface area contributed by atoms with E-state index in [0.717, 1.165) is 17.0 Å². The molecule has 2 amide bonds. The van der Waals surface area contributed by atoms with E-state index in [2.05, 4.69) is 15.6 Å². The van der Waals surface area contributed by atoms with Crippen LogP contribution < -0.4 is 10.6 Å². The van der Waals surface area contributed by atoms with E-state index >= 15 is 0 Å². The number of carbonyl (C=O) groups excluding carboxylic acids is 1. The van der Waals surface area contributed by atoms with E-state index in [9.17, 15) is 4.79 Å². The fraction of sp³-hybridized carbons (Fsp3) is 0.286. The van der Waals surface area contributed by atoms with Crippen LogP contribution in [-0.4, -0.2) is 31.3 Å². The summed E-state index contributed by atoms with van der Waals surface area (Å²) < 4.78 is 10.1. The van der Waals surface area contributed by atoms with Crippen LogP contribution >= 0.6 is 0 Å². The number of nitrogens with zero attached hydrogens (tertiary/aromatic N) is 1. The summed E-state index contributed by atoms with van der Waals surface area (Å²) in [4.78, 5) is 15.7. The van der Waals surface area contributed by atoms with E-state index in [1.54, 1.807) is 19.6 Å². The highest BCUT2D eigenvalue weighted by molar-refractivity contribution is 5.73. The second-order valence-corrected chi connectivity index (χ2v) is 4.13. The lowest BCUT2D eigenvalue weighted by Gasteiger charge is -2.07. The number of pyridine rings is 1. The number of methoxy groups -OCH3 is 1. The Morgan fingerprint density at radius 3 is 2.90 bits per heavy atom. The zero-order valence-electron chi connectivity index (χ0n) is 11.3. The molecule has 0 aromatic carbocycles. The fourth-order valence-corrected chi connectivity index (χ4v) is 1.61. The van der Waals surface area contributed by atoms with Crippen LogP contribution in [0.15, 0.2) is 41.1 Å². The predicted molar refractivity (Wildman–Crippen MR) is 74.1 cm³/mol. The second-order valence-electron chi connectivity index (χ2n) is 4.13. The molecule has 0 unspecified atom stereocenters. The molecule has 0 aliphatic carbocycles. The van der Waals surface area contributed by atoms with Crippen LogP contribution in [0, 0.1) is 0 Å². The van der Waals surface area contributed by atoms with Crippen molar-refractivity contribution in [2.45, 2.75) is 6.54 Å². The highest BCUT2D eigenvalue weighted by Crippen LogP contribution is 2.16. The van der Waals surface area contributed by atoms with Gasteiger partial charge in [-0.25, -0.2) is 4.79 Å². The Hall–Kier alpha value is -2.34. The van der Waals surface area contributed by atoms with Crippen LogP contribution in [-0.2, 0) is 11.3 Å².